The molecule has 0 bridgehead atoms. The number of hydrogen-bond donors (Lipinski definition) is 3. The highest BCUT2D eigenvalue weighted by Gasteiger charge is 2.29. The molecule has 1 aromatic carbocycles. The van der Waals surface area contributed by atoms with Crippen molar-refractivity contribution in [2.75, 3.05) is 5.32 Å². The first kappa shape index (κ1) is 23.4. The van der Waals surface area contributed by atoms with Crippen LogP contribution in [-0.4, -0.2) is 26.5 Å². The molecule has 4 rings (SSSR count). The number of pyridine rings is 1. The Morgan fingerprint density at radius 2 is 1.97 bits per heavy atom. The van der Waals surface area contributed by atoms with E-state index >= 15 is 0 Å². The summed E-state index contributed by atoms with van der Waals surface area (Å²) in [6, 6.07) is 11.7. The molecular weight excluding hydrogens is 432 g/mol. The summed E-state index contributed by atoms with van der Waals surface area (Å²) in [4.78, 5) is 27.3. The molecule has 0 saturated heterocycles. The van der Waals surface area contributed by atoms with Gasteiger partial charge in [0.25, 0.3) is 5.56 Å². The Kier molecular flexibility index (Phi) is 6.59. The summed E-state index contributed by atoms with van der Waals surface area (Å²) in [5.41, 5.74) is 1.61. The van der Waals surface area contributed by atoms with Crippen molar-refractivity contribution < 1.29 is 9.53 Å². The van der Waals surface area contributed by atoms with Crippen LogP contribution < -0.4 is 16.2 Å². The maximum Gasteiger partial charge on any atom is 0.407 e. The summed E-state index contributed by atoms with van der Waals surface area (Å²) < 4.78 is 7.10. The molecule has 2 atom stereocenters. The number of ether oxygens (including phenoxy) is 1. The highest BCUT2D eigenvalue weighted by Crippen LogP contribution is 2.36. The average molecular weight is 463 g/mol. The van der Waals surface area contributed by atoms with E-state index in [2.05, 4.69) is 21.7 Å². The van der Waals surface area contributed by atoms with Crippen LogP contribution in [0.5, 0.6) is 0 Å². The summed E-state index contributed by atoms with van der Waals surface area (Å²) >= 11 is 0. The first-order valence-electron chi connectivity index (χ1n) is 11.6. The summed E-state index contributed by atoms with van der Waals surface area (Å²) in [5, 5.41) is 20.9. The molecule has 2 aromatic heterocycles. The molecular formula is C25H30N6O3. The van der Waals surface area contributed by atoms with Crippen LogP contribution in [-0.2, 0) is 11.3 Å². The van der Waals surface area contributed by atoms with E-state index in [1.165, 1.54) is 0 Å². The van der Waals surface area contributed by atoms with Gasteiger partial charge in [0.05, 0.1) is 23.5 Å². The third-order valence-electron chi connectivity index (χ3n) is 5.89. The number of carbonyl (C=O) groups excluding carboxylic acids is 1. The number of anilines is 2. The van der Waals surface area contributed by atoms with Crippen LogP contribution in [0, 0.1) is 17.2 Å². The average Bonchev–Trinajstić information content (AvgIpc) is 3.17. The van der Waals surface area contributed by atoms with Crippen molar-refractivity contribution in [1.29, 1.82) is 5.26 Å². The minimum atomic E-state index is -0.549. The molecule has 2 heterocycles. The molecule has 1 saturated carbocycles. The van der Waals surface area contributed by atoms with Gasteiger partial charge >= 0.3 is 6.09 Å². The van der Waals surface area contributed by atoms with Crippen LogP contribution in [0.1, 0.15) is 58.1 Å². The number of hydrogen-bond acceptors (Lipinski definition) is 6. The van der Waals surface area contributed by atoms with Crippen LogP contribution in [0.2, 0.25) is 0 Å². The van der Waals surface area contributed by atoms with E-state index in [1.54, 1.807) is 6.20 Å². The monoisotopic (exact) mass is 462 g/mol. The van der Waals surface area contributed by atoms with Crippen LogP contribution in [0.15, 0.2) is 41.3 Å². The van der Waals surface area contributed by atoms with Gasteiger partial charge in [-0.05, 0) is 57.4 Å². The molecule has 0 radical (unpaired) electrons. The van der Waals surface area contributed by atoms with Crippen molar-refractivity contribution in [2.24, 2.45) is 5.92 Å². The van der Waals surface area contributed by atoms with E-state index in [-0.39, 0.29) is 17.5 Å². The minimum Gasteiger partial charge on any atom is -0.444 e. The van der Waals surface area contributed by atoms with Crippen LogP contribution in [0.4, 0.5) is 16.3 Å². The molecule has 0 aliphatic heterocycles. The lowest BCUT2D eigenvalue weighted by molar-refractivity contribution is 0.0523. The number of nitrogens with zero attached hydrogens (tertiary/aromatic N) is 3. The van der Waals surface area contributed by atoms with Gasteiger partial charge in [0.1, 0.15) is 11.0 Å². The number of aromatic amines is 1. The van der Waals surface area contributed by atoms with Gasteiger partial charge in [-0.25, -0.2) is 4.79 Å². The van der Waals surface area contributed by atoms with E-state index in [4.69, 9.17) is 9.84 Å². The van der Waals surface area contributed by atoms with Gasteiger partial charge in [-0.3, -0.25) is 9.48 Å². The molecule has 3 N–H and O–H groups in total. The Hall–Kier alpha value is -3.80. The summed E-state index contributed by atoms with van der Waals surface area (Å²) in [6.45, 7) is 5.79. The van der Waals surface area contributed by atoms with Gasteiger partial charge in [0.2, 0.25) is 0 Å². The fourth-order valence-corrected chi connectivity index (χ4v) is 4.33. The molecule has 0 spiro atoms. The number of nitriles is 1. The zero-order chi connectivity index (χ0) is 24.3. The van der Waals surface area contributed by atoms with E-state index in [9.17, 15) is 14.9 Å². The maximum absolute atomic E-state index is 12.7. The number of fused-ring (bicyclic) bond motifs is 1. The maximum atomic E-state index is 12.7. The summed E-state index contributed by atoms with van der Waals surface area (Å²) in [7, 11) is 0. The first-order valence-corrected chi connectivity index (χ1v) is 11.6. The van der Waals surface area contributed by atoms with Gasteiger partial charge in [-0.2, -0.15) is 10.4 Å². The van der Waals surface area contributed by atoms with Gasteiger partial charge in [0, 0.05) is 18.4 Å². The fourth-order valence-electron chi connectivity index (χ4n) is 4.33. The van der Waals surface area contributed by atoms with Gasteiger partial charge in [-0.15, -0.1) is 0 Å². The minimum absolute atomic E-state index is 0.0556. The third kappa shape index (κ3) is 5.22. The Balaban J connectivity index is 1.54. The van der Waals surface area contributed by atoms with Crippen molar-refractivity contribution in [3.05, 3.63) is 52.4 Å². The van der Waals surface area contributed by atoms with E-state index in [0.29, 0.717) is 17.7 Å². The molecule has 1 aliphatic carbocycles. The second-order valence-electron chi connectivity index (χ2n) is 9.62. The van der Waals surface area contributed by atoms with Crippen molar-refractivity contribution in [1.82, 2.24) is 20.1 Å². The number of rotatable bonds is 5. The van der Waals surface area contributed by atoms with Crippen molar-refractivity contribution >= 4 is 28.5 Å². The number of nitrogens with one attached hydrogen (secondary N) is 3. The van der Waals surface area contributed by atoms with Gasteiger partial charge < -0.3 is 20.4 Å². The predicted octanol–water partition coefficient (Wildman–Crippen LogP) is 4.75. The van der Waals surface area contributed by atoms with Crippen molar-refractivity contribution in [3.63, 3.8) is 0 Å². The molecule has 9 heteroatoms. The van der Waals surface area contributed by atoms with Crippen LogP contribution in [0.3, 0.4) is 0 Å². The fraction of sp³-hybridized carbons (Fsp3) is 0.440. The van der Waals surface area contributed by atoms with E-state index in [0.717, 1.165) is 42.5 Å². The van der Waals surface area contributed by atoms with Gasteiger partial charge in [0.15, 0.2) is 5.82 Å². The summed E-state index contributed by atoms with van der Waals surface area (Å²) in [5.74, 6) is 0.333. The van der Waals surface area contributed by atoms with Crippen molar-refractivity contribution in [3.8, 4) is 6.07 Å². The predicted molar refractivity (Wildman–Crippen MR) is 130 cm³/mol. The Labute approximate surface area is 198 Å². The quantitative estimate of drug-likeness (QED) is 0.503. The largest absolute Gasteiger partial charge is 0.444 e. The second kappa shape index (κ2) is 9.59. The summed E-state index contributed by atoms with van der Waals surface area (Å²) in [6.07, 6.45) is 4.92. The zero-order valence-electron chi connectivity index (χ0n) is 19.7. The Morgan fingerprint density at radius 1 is 1.24 bits per heavy atom. The topological polar surface area (TPSA) is 125 Å². The van der Waals surface area contributed by atoms with Gasteiger partial charge in [-0.1, -0.05) is 25.0 Å². The van der Waals surface area contributed by atoms with E-state index < -0.39 is 11.7 Å². The lowest BCUT2D eigenvalue weighted by Crippen LogP contribution is -2.32. The molecule has 1 amide bonds. The Bertz CT molecular complexity index is 1260. The van der Waals surface area contributed by atoms with Crippen LogP contribution in [0.25, 0.3) is 10.9 Å². The van der Waals surface area contributed by atoms with Crippen LogP contribution >= 0.6 is 0 Å². The molecule has 9 nitrogen and oxygen atoms in total. The smallest absolute Gasteiger partial charge is 0.407 e. The number of amides is 1. The van der Waals surface area contributed by atoms with Crippen molar-refractivity contribution in [2.45, 2.75) is 64.6 Å². The molecule has 1 aliphatic rings. The standard InChI is InChI=1S/C25H30N6O3/c1-25(2,3)34-24(33)28-15-16-8-10-18(11-9-16)29-22-21-20(12-13-27-23(21)32)31(30-22)19-7-5-4-6-17(19)14-26/h8-13,17,19H,4-7,15H2,1-3H3,(H,27,32)(H,28,33)(H,29,30). The first-order chi connectivity index (χ1) is 16.2. The molecule has 178 valence electrons. The molecule has 2 unspecified atom stereocenters. The SMILES string of the molecule is CC(C)(C)OC(=O)NCc1ccc(Nc2nn(C3CCCCC3C#N)c3cc[nH]c(=O)c23)cc1. The second-order valence-corrected chi connectivity index (χ2v) is 9.62. The number of carbonyl (C=O) groups is 1. The zero-order valence-corrected chi connectivity index (χ0v) is 19.7. The number of alkyl carbamates (subject to hydrolysis) is 1. The third-order valence-corrected chi connectivity index (χ3v) is 5.89. The lowest BCUT2D eigenvalue weighted by atomic mass is 9.85. The highest BCUT2D eigenvalue weighted by atomic mass is 16.6. The number of H-pyrrole nitrogens is 1. The molecule has 1 fully saturated rings. The number of benzene rings is 1. The molecule has 3 aromatic rings. The highest BCUT2D eigenvalue weighted by molar-refractivity contribution is 5.91. The normalized spacial score (nSPS) is 18.3. The number of aromatic nitrogens is 3. The Morgan fingerprint density at radius 3 is 2.68 bits per heavy atom. The van der Waals surface area contributed by atoms with E-state index in [1.807, 2.05) is 55.8 Å². The lowest BCUT2D eigenvalue weighted by Gasteiger charge is -2.27. The molecule has 34 heavy (non-hydrogen) atoms.